The van der Waals surface area contributed by atoms with Gasteiger partial charge in [-0.3, -0.25) is 4.90 Å². The minimum atomic E-state index is -0.223. The van der Waals surface area contributed by atoms with E-state index in [1.807, 2.05) is 72.8 Å². The first-order chi connectivity index (χ1) is 42.9. The van der Waals surface area contributed by atoms with Gasteiger partial charge in [0.05, 0.1) is 51.2 Å². The fourth-order valence-corrected chi connectivity index (χ4v) is 11.5. The molecule has 0 saturated heterocycles. The van der Waals surface area contributed by atoms with E-state index in [1.54, 1.807) is 0 Å². The third kappa shape index (κ3) is 10.8. The minimum absolute atomic E-state index is 0.223. The summed E-state index contributed by atoms with van der Waals surface area (Å²) >= 11 is 0. The third-order valence-electron chi connectivity index (χ3n) is 16.2. The number of hydrogen-bond acceptors (Lipinski definition) is 9. The number of rotatable bonds is 11. The minimum Gasteiger partial charge on any atom is -0.305 e. The molecule has 0 aliphatic carbocycles. The Morgan fingerprint density at radius 3 is 0.932 bits per heavy atom. The van der Waals surface area contributed by atoms with Crippen LogP contribution in [0.4, 0.5) is 34.4 Å². The molecule has 4 heterocycles. The summed E-state index contributed by atoms with van der Waals surface area (Å²) in [5.74, 6) is 2.72. The van der Waals surface area contributed by atoms with Gasteiger partial charge in [-0.05, 0) is 76.1 Å². The Labute approximate surface area is 514 Å². The van der Waals surface area contributed by atoms with Gasteiger partial charge in [-0.1, -0.05) is 266 Å². The molecule has 0 unspecified atom stereocenters. The van der Waals surface area contributed by atoms with Gasteiger partial charge in [-0.15, -0.1) is 0 Å². The summed E-state index contributed by atoms with van der Waals surface area (Å²) in [5.41, 5.74) is 18.7. The third-order valence-corrected chi connectivity index (χ3v) is 16.2. The van der Waals surface area contributed by atoms with Crippen molar-refractivity contribution in [2.24, 2.45) is 0 Å². The highest BCUT2D eigenvalue weighted by Crippen LogP contribution is 2.58. The lowest BCUT2D eigenvalue weighted by molar-refractivity contribution is 0.569. The number of benzene rings is 10. The van der Waals surface area contributed by atoms with Gasteiger partial charge in [0.1, 0.15) is 0 Å². The average Bonchev–Trinajstić information content (AvgIpc) is 0.900. The van der Waals surface area contributed by atoms with Crippen LogP contribution in [0.25, 0.3) is 102 Å². The Bertz CT molecular complexity index is 4430. The first kappa shape index (κ1) is 54.9. The number of fused-ring (bicyclic) bond motifs is 2. The van der Waals surface area contributed by atoms with E-state index < -0.39 is 0 Å². The van der Waals surface area contributed by atoms with Crippen LogP contribution in [0.3, 0.4) is 0 Å². The van der Waals surface area contributed by atoms with Crippen molar-refractivity contribution in [2.45, 2.75) is 52.4 Å². The second-order valence-electron chi connectivity index (χ2n) is 24.3. The standard InChI is InChI=1S/C79H63N9/c1-78(2,3)60-45-58(46-61(49-60)79(4,5)6)62-47-59(67-50-64(52-29-13-7-14-30-52)80-73(81-67)55-35-19-10-20-36-55)48-63(76-85-74(56-37-21-11-22-38-56)84-75(86-76)57-39-23-12-24-40-57)72(62)87-68-41-25-27-43-70(68)88(71-44-28-26-42-69(71)87)77-82-65(53-31-15-8-16-32-53)51-66(83-77)54-33-17-9-18-34-54/h7-51H,1-6H3. The van der Waals surface area contributed by atoms with Crippen LogP contribution in [0.5, 0.6) is 0 Å². The van der Waals surface area contributed by atoms with Crippen molar-refractivity contribution < 1.29 is 0 Å². The summed E-state index contributed by atoms with van der Waals surface area (Å²) < 4.78 is 0. The Balaban J connectivity index is 1.12. The van der Waals surface area contributed by atoms with Crippen LogP contribution in [0.2, 0.25) is 0 Å². The van der Waals surface area contributed by atoms with Crippen molar-refractivity contribution in [3.8, 4) is 102 Å². The molecule has 10 aromatic carbocycles. The Morgan fingerprint density at radius 1 is 0.239 bits per heavy atom. The fourth-order valence-electron chi connectivity index (χ4n) is 11.5. The van der Waals surface area contributed by atoms with Gasteiger partial charge in [0.15, 0.2) is 23.3 Å². The molecule has 0 radical (unpaired) electrons. The molecular formula is C79H63N9. The Hall–Kier alpha value is -11.0. The van der Waals surface area contributed by atoms with Crippen LogP contribution in [0, 0.1) is 0 Å². The molecular weight excluding hydrogens is 1070 g/mol. The highest BCUT2D eigenvalue weighted by atomic mass is 15.3. The highest BCUT2D eigenvalue weighted by molar-refractivity contribution is 6.07. The van der Waals surface area contributed by atoms with E-state index in [0.717, 1.165) is 107 Å². The largest absolute Gasteiger partial charge is 0.305 e. The van der Waals surface area contributed by atoms with Crippen LogP contribution < -0.4 is 9.80 Å². The zero-order chi connectivity index (χ0) is 59.9. The predicted octanol–water partition coefficient (Wildman–Crippen LogP) is 20.3. The first-order valence-corrected chi connectivity index (χ1v) is 29.9. The van der Waals surface area contributed by atoms with Crippen molar-refractivity contribution in [1.82, 2.24) is 34.9 Å². The molecule has 0 saturated carbocycles. The molecule has 0 atom stereocenters. The lowest BCUT2D eigenvalue weighted by Crippen LogP contribution is -2.26. The van der Waals surface area contributed by atoms with Gasteiger partial charge >= 0.3 is 0 Å². The van der Waals surface area contributed by atoms with Crippen molar-refractivity contribution in [3.05, 3.63) is 284 Å². The van der Waals surface area contributed by atoms with Crippen molar-refractivity contribution in [3.63, 3.8) is 0 Å². The summed E-state index contributed by atoms with van der Waals surface area (Å²) in [6, 6.07) is 94.7. The lowest BCUT2D eigenvalue weighted by atomic mass is 9.78. The molecule has 88 heavy (non-hydrogen) atoms. The average molecular weight is 1140 g/mol. The maximum atomic E-state index is 5.61. The molecule has 0 N–H and O–H groups in total. The molecule has 3 aromatic heterocycles. The molecule has 9 nitrogen and oxygen atoms in total. The molecule has 0 spiro atoms. The van der Waals surface area contributed by atoms with Crippen LogP contribution in [0.1, 0.15) is 52.7 Å². The van der Waals surface area contributed by atoms with Gasteiger partial charge in [0.2, 0.25) is 5.95 Å². The lowest BCUT2D eigenvalue weighted by Gasteiger charge is -2.41. The zero-order valence-corrected chi connectivity index (χ0v) is 50.0. The molecule has 1 aliphatic heterocycles. The van der Waals surface area contributed by atoms with E-state index in [9.17, 15) is 0 Å². The van der Waals surface area contributed by atoms with E-state index >= 15 is 0 Å². The Kier molecular flexibility index (Phi) is 14.2. The van der Waals surface area contributed by atoms with Crippen LogP contribution in [-0.4, -0.2) is 34.9 Å². The van der Waals surface area contributed by atoms with E-state index in [4.69, 9.17) is 34.9 Å². The summed E-state index contributed by atoms with van der Waals surface area (Å²) in [5, 5.41) is 0. The zero-order valence-electron chi connectivity index (χ0n) is 50.0. The SMILES string of the molecule is CC(C)(C)c1cc(-c2cc(-c3cc(-c4ccccc4)nc(-c4ccccc4)n3)cc(-c3nc(-c4ccccc4)nc(-c4ccccc4)n3)c2N2c3ccccc3N(c3nc(-c4ccccc4)cc(-c4ccccc4)n3)c3ccccc32)cc(C(C)(C)C)c1. The quantitative estimate of drug-likeness (QED) is 0.125. The second kappa shape index (κ2) is 22.8. The molecule has 0 fully saturated rings. The Morgan fingerprint density at radius 2 is 0.545 bits per heavy atom. The summed E-state index contributed by atoms with van der Waals surface area (Å²) in [7, 11) is 0. The van der Waals surface area contributed by atoms with E-state index in [1.165, 1.54) is 11.1 Å². The molecule has 14 rings (SSSR count). The molecule has 0 amide bonds. The number of para-hydroxylation sites is 4. The molecule has 13 aromatic rings. The first-order valence-electron chi connectivity index (χ1n) is 29.9. The van der Waals surface area contributed by atoms with Crippen LogP contribution in [-0.2, 0) is 10.8 Å². The molecule has 1 aliphatic rings. The second-order valence-corrected chi connectivity index (χ2v) is 24.3. The number of hydrogen-bond donors (Lipinski definition) is 0. The molecule has 9 heteroatoms. The normalized spacial score (nSPS) is 12.2. The van der Waals surface area contributed by atoms with Gasteiger partial charge in [0.25, 0.3) is 0 Å². The van der Waals surface area contributed by atoms with E-state index in [2.05, 4.69) is 252 Å². The molecule has 0 bridgehead atoms. The van der Waals surface area contributed by atoms with Crippen molar-refractivity contribution in [1.29, 1.82) is 0 Å². The fraction of sp³-hybridized carbons (Fsp3) is 0.101. The van der Waals surface area contributed by atoms with E-state index in [0.29, 0.717) is 29.2 Å². The van der Waals surface area contributed by atoms with Crippen LogP contribution >= 0.6 is 0 Å². The monoisotopic (exact) mass is 1140 g/mol. The summed E-state index contributed by atoms with van der Waals surface area (Å²) in [4.78, 5) is 42.9. The van der Waals surface area contributed by atoms with E-state index in [-0.39, 0.29) is 10.8 Å². The van der Waals surface area contributed by atoms with Gasteiger partial charge < -0.3 is 4.90 Å². The predicted molar refractivity (Wildman–Crippen MR) is 360 cm³/mol. The summed E-state index contributed by atoms with van der Waals surface area (Å²) in [6.45, 7) is 13.8. The van der Waals surface area contributed by atoms with Gasteiger partial charge in [-0.25, -0.2) is 34.9 Å². The van der Waals surface area contributed by atoms with Gasteiger partial charge in [0, 0.05) is 50.1 Å². The van der Waals surface area contributed by atoms with Crippen molar-refractivity contribution >= 4 is 34.4 Å². The van der Waals surface area contributed by atoms with Gasteiger partial charge in [-0.2, -0.15) is 0 Å². The topological polar surface area (TPSA) is 96.7 Å². The number of nitrogens with zero attached hydrogens (tertiary/aromatic N) is 9. The van der Waals surface area contributed by atoms with Crippen LogP contribution in [0.15, 0.2) is 273 Å². The summed E-state index contributed by atoms with van der Waals surface area (Å²) in [6.07, 6.45) is 0. The maximum absolute atomic E-state index is 5.61. The van der Waals surface area contributed by atoms with Crippen molar-refractivity contribution in [2.75, 3.05) is 9.80 Å². The highest BCUT2D eigenvalue weighted by Gasteiger charge is 2.36. The molecule has 424 valence electrons. The smallest absolute Gasteiger partial charge is 0.235 e. The number of aromatic nitrogens is 7. The number of anilines is 6. The maximum Gasteiger partial charge on any atom is 0.235 e.